The van der Waals surface area contributed by atoms with E-state index >= 15 is 0 Å². The first-order chi connectivity index (χ1) is 9.93. The number of hydrogen-bond donors (Lipinski definition) is 1. The lowest BCUT2D eigenvalue weighted by molar-refractivity contribution is 0.0998. The zero-order valence-electron chi connectivity index (χ0n) is 11.6. The maximum Gasteiger partial charge on any atom is 0.160 e. The number of rotatable bonds is 2. The van der Waals surface area contributed by atoms with Gasteiger partial charge in [0.15, 0.2) is 5.65 Å². The van der Waals surface area contributed by atoms with Gasteiger partial charge in [-0.15, -0.1) is 0 Å². The van der Waals surface area contributed by atoms with Gasteiger partial charge in [0.2, 0.25) is 0 Å². The Morgan fingerprint density at radius 1 is 1.25 bits per heavy atom. The van der Waals surface area contributed by atoms with Gasteiger partial charge in [-0.3, -0.25) is 0 Å². The van der Waals surface area contributed by atoms with Gasteiger partial charge in [-0.25, -0.2) is 9.97 Å². The number of nitrogens with zero attached hydrogens (tertiary/aromatic N) is 3. The molecule has 0 amide bonds. The number of piperidine rings is 1. The van der Waals surface area contributed by atoms with Crippen molar-refractivity contribution in [2.24, 2.45) is 0 Å². The number of imidazole rings is 1. The molecule has 106 valence electrons. The summed E-state index contributed by atoms with van der Waals surface area (Å²) in [6, 6.07) is 4.51. The van der Waals surface area contributed by atoms with Crippen LogP contribution in [-0.2, 0) is 4.74 Å². The van der Waals surface area contributed by atoms with Crippen molar-refractivity contribution in [1.29, 1.82) is 0 Å². The van der Waals surface area contributed by atoms with E-state index in [2.05, 4.69) is 20.9 Å². The van der Waals surface area contributed by atoms with Crippen LogP contribution in [-0.4, -0.2) is 34.2 Å². The summed E-state index contributed by atoms with van der Waals surface area (Å²) in [6.07, 6.45) is 6.51. The fourth-order valence-electron chi connectivity index (χ4n) is 3.38. The summed E-state index contributed by atoms with van der Waals surface area (Å²) in [5.41, 5.74) is 2.02. The van der Waals surface area contributed by atoms with Crippen LogP contribution in [0.3, 0.4) is 0 Å². The van der Waals surface area contributed by atoms with Crippen molar-refractivity contribution in [3.8, 4) is 0 Å². The molecular weight excluding hydrogens is 252 g/mol. The van der Waals surface area contributed by atoms with Gasteiger partial charge in [-0.1, -0.05) is 0 Å². The maximum absolute atomic E-state index is 5.87. The molecule has 2 fully saturated rings. The molecule has 20 heavy (non-hydrogen) atoms. The molecule has 2 aliphatic rings. The molecule has 2 aliphatic heterocycles. The molecule has 1 unspecified atom stereocenters. The van der Waals surface area contributed by atoms with Gasteiger partial charge in [0.05, 0.1) is 0 Å². The summed E-state index contributed by atoms with van der Waals surface area (Å²) in [5.74, 6) is 1.09. The van der Waals surface area contributed by atoms with E-state index in [-0.39, 0.29) is 6.10 Å². The van der Waals surface area contributed by atoms with Crippen LogP contribution in [0.5, 0.6) is 0 Å². The Labute approximate surface area is 118 Å². The molecule has 2 saturated heterocycles. The standard InChI is InChI=1S/C15H20N4O/c1-3-12-14(17-7-1)19(11-5-8-16-9-6-11)15(18-12)13-4-2-10-20-13/h1,3,7,11,13,16H,2,4-6,8-10H2. The van der Waals surface area contributed by atoms with Crippen molar-refractivity contribution in [2.45, 2.75) is 37.8 Å². The van der Waals surface area contributed by atoms with Crippen molar-refractivity contribution in [3.05, 3.63) is 24.2 Å². The van der Waals surface area contributed by atoms with E-state index in [4.69, 9.17) is 9.72 Å². The summed E-state index contributed by atoms with van der Waals surface area (Å²) < 4.78 is 8.23. The fraction of sp³-hybridized carbons (Fsp3) is 0.600. The lowest BCUT2D eigenvalue weighted by atomic mass is 10.1. The Balaban J connectivity index is 1.83. The number of pyridine rings is 1. The van der Waals surface area contributed by atoms with Crippen molar-refractivity contribution in [2.75, 3.05) is 19.7 Å². The summed E-state index contributed by atoms with van der Waals surface area (Å²) in [6.45, 7) is 3.00. The van der Waals surface area contributed by atoms with E-state index in [1.165, 1.54) is 0 Å². The third kappa shape index (κ3) is 2.01. The molecule has 1 atom stereocenters. The second-order valence-corrected chi connectivity index (χ2v) is 5.67. The smallest absolute Gasteiger partial charge is 0.160 e. The van der Waals surface area contributed by atoms with Gasteiger partial charge in [-0.2, -0.15) is 0 Å². The third-order valence-corrected chi connectivity index (χ3v) is 4.37. The van der Waals surface area contributed by atoms with Gasteiger partial charge in [0, 0.05) is 18.8 Å². The molecule has 0 aromatic carbocycles. The average molecular weight is 272 g/mol. The van der Waals surface area contributed by atoms with Crippen LogP contribution in [0, 0.1) is 0 Å². The summed E-state index contributed by atoms with van der Waals surface area (Å²) in [5, 5.41) is 3.43. The normalized spacial score (nSPS) is 24.5. The quantitative estimate of drug-likeness (QED) is 0.910. The van der Waals surface area contributed by atoms with Crippen LogP contribution in [0.4, 0.5) is 0 Å². The molecule has 0 radical (unpaired) electrons. The molecule has 0 spiro atoms. The van der Waals surface area contributed by atoms with Gasteiger partial charge in [-0.05, 0) is 50.9 Å². The average Bonchev–Trinajstić information content (AvgIpc) is 3.15. The maximum atomic E-state index is 5.87. The van der Waals surface area contributed by atoms with Crippen LogP contribution in [0.1, 0.15) is 43.7 Å². The highest BCUT2D eigenvalue weighted by Gasteiger charge is 2.28. The number of ether oxygens (including phenoxy) is 1. The predicted octanol–water partition coefficient (Wildman–Crippen LogP) is 2.21. The molecule has 1 N–H and O–H groups in total. The van der Waals surface area contributed by atoms with Crippen molar-refractivity contribution >= 4 is 11.2 Å². The first kappa shape index (κ1) is 12.3. The second-order valence-electron chi connectivity index (χ2n) is 5.67. The molecule has 4 rings (SSSR count). The molecule has 2 aromatic rings. The minimum Gasteiger partial charge on any atom is -0.370 e. The molecule has 5 heteroatoms. The van der Waals surface area contributed by atoms with Crippen molar-refractivity contribution in [3.63, 3.8) is 0 Å². The molecule has 0 aliphatic carbocycles. The van der Waals surface area contributed by atoms with Crippen LogP contribution < -0.4 is 5.32 Å². The lowest BCUT2D eigenvalue weighted by Crippen LogP contribution is -2.30. The highest BCUT2D eigenvalue weighted by atomic mass is 16.5. The Hall–Kier alpha value is -1.46. The number of fused-ring (bicyclic) bond motifs is 1. The van der Waals surface area contributed by atoms with Gasteiger partial charge >= 0.3 is 0 Å². The van der Waals surface area contributed by atoms with E-state index in [1.807, 2.05) is 12.3 Å². The molecule has 0 bridgehead atoms. The number of aromatic nitrogens is 3. The SMILES string of the molecule is c1cnc2c(c1)nc(C1CCCO1)n2C1CCNCC1. The predicted molar refractivity (Wildman–Crippen MR) is 76.6 cm³/mol. The fourth-order valence-corrected chi connectivity index (χ4v) is 3.38. The monoisotopic (exact) mass is 272 g/mol. The zero-order valence-corrected chi connectivity index (χ0v) is 11.6. The summed E-state index contributed by atoms with van der Waals surface area (Å²) in [7, 11) is 0. The van der Waals surface area contributed by atoms with E-state index in [0.29, 0.717) is 6.04 Å². The molecular formula is C15H20N4O. The van der Waals surface area contributed by atoms with E-state index in [1.54, 1.807) is 0 Å². The summed E-state index contributed by atoms with van der Waals surface area (Å²) >= 11 is 0. The minimum atomic E-state index is 0.152. The third-order valence-electron chi connectivity index (χ3n) is 4.37. The Kier molecular flexibility index (Phi) is 3.16. The van der Waals surface area contributed by atoms with E-state index < -0.39 is 0 Å². The van der Waals surface area contributed by atoms with Crippen molar-refractivity contribution in [1.82, 2.24) is 19.9 Å². The van der Waals surface area contributed by atoms with Gasteiger partial charge < -0.3 is 14.6 Å². The molecule has 2 aromatic heterocycles. The van der Waals surface area contributed by atoms with E-state index in [9.17, 15) is 0 Å². The minimum absolute atomic E-state index is 0.152. The van der Waals surface area contributed by atoms with Gasteiger partial charge in [0.25, 0.3) is 0 Å². The van der Waals surface area contributed by atoms with E-state index in [0.717, 1.165) is 62.4 Å². The van der Waals surface area contributed by atoms with Crippen LogP contribution in [0.25, 0.3) is 11.2 Å². The Morgan fingerprint density at radius 2 is 2.15 bits per heavy atom. The van der Waals surface area contributed by atoms with Crippen molar-refractivity contribution < 1.29 is 4.74 Å². The highest BCUT2D eigenvalue weighted by molar-refractivity contribution is 5.71. The van der Waals surface area contributed by atoms with Crippen LogP contribution >= 0.6 is 0 Å². The first-order valence-electron chi connectivity index (χ1n) is 7.58. The number of nitrogens with one attached hydrogen (secondary N) is 1. The first-order valence-corrected chi connectivity index (χ1v) is 7.58. The molecule has 0 saturated carbocycles. The van der Waals surface area contributed by atoms with Crippen LogP contribution in [0.15, 0.2) is 18.3 Å². The summed E-state index contributed by atoms with van der Waals surface area (Å²) in [4.78, 5) is 9.40. The van der Waals surface area contributed by atoms with Crippen LogP contribution in [0.2, 0.25) is 0 Å². The Bertz CT molecular complexity index is 597. The Morgan fingerprint density at radius 3 is 2.95 bits per heavy atom. The van der Waals surface area contributed by atoms with Gasteiger partial charge in [0.1, 0.15) is 17.4 Å². The molecule has 5 nitrogen and oxygen atoms in total. The largest absolute Gasteiger partial charge is 0.370 e. The number of hydrogen-bond acceptors (Lipinski definition) is 4. The second kappa shape index (κ2) is 5.14. The molecule has 4 heterocycles. The topological polar surface area (TPSA) is 52.0 Å². The zero-order chi connectivity index (χ0) is 13.4. The highest BCUT2D eigenvalue weighted by Crippen LogP contribution is 2.34. The lowest BCUT2D eigenvalue weighted by Gasteiger charge is -2.26.